The van der Waals surface area contributed by atoms with E-state index < -0.39 is 0 Å². The van der Waals surface area contributed by atoms with E-state index in [0.29, 0.717) is 18.8 Å². The van der Waals surface area contributed by atoms with Crippen LogP contribution in [0.2, 0.25) is 0 Å². The number of amides is 1. The first-order valence-corrected chi connectivity index (χ1v) is 7.43. The zero-order chi connectivity index (χ0) is 15.4. The van der Waals surface area contributed by atoms with E-state index in [9.17, 15) is 9.90 Å². The Morgan fingerprint density at radius 1 is 1.29 bits per heavy atom. The molecular weight excluding hydrogens is 266 g/mol. The van der Waals surface area contributed by atoms with Gasteiger partial charge in [0.25, 0.3) is 0 Å². The molecular formula is C16H25N3O2. The van der Waals surface area contributed by atoms with E-state index in [4.69, 9.17) is 0 Å². The first-order chi connectivity index (χ1) is 9.97. The maximum absolute atomic E-state index is 12.2. The lowest BCUT2D eigenvalue weighted by molar-refractivity contribution is -0.132. The molecule has 0 bridgehead atoms. The van der Waals surface area contributed by atoms with Gasteiger partial charge in [-0.3, -0.25) is 9.69 Å². The highest BCUT2D eigenvalue weighted by atomic mass is 16.3. The molecule has 0 aliphatic carbocycles. The van der Waals surface area contributed by atoms with E-state index in [2.05, 4.69) is 5.32 Å². The number of aryl methyl sites for hydroxylation is 2. The van der Waals surface area contributed by atoms with Crippen molar-refractivity contribution in [2.75, 3.05) is 39.8 Å². The third-order valence-electron chi connectivity index (χ3n) is 3.88. The molecule has 21 heavy (non-hydrogen) atoms. The smallest absolute Gasteiger partial charge is 0.236 e. The summed E-state index contributed by atoms with van der Waals surface area (Å²) in [6, 6.07) is 3.96. The second-order valence-electron chi connectivity index (χ2n) is 5.88. The number of hydrogen-bond donors (Lipinski definition) is 2. The van der Waals surface area contributed by atoms with Crippen LogP contribution in [0.4, 0.5) is 0 Å². The van der Waals surface area contributed by atoms with Gasteiger partial charge in [0.2, 0.25) is 5.91 Å². The predicted octanol–water partition coefficient (Wildman–Crippen LogP) is 0.873. The van der Waals surface area contributed by atoms with Crippen LogP contribution in [-0.4, -0.2) is 60.6 Å². The van der Waals surface area contributed by atoms with Crippen LogP contribution in [-0.2, 0) is 11.3 Å². The fourth-order valence-corrected chi connectivity index (χ4v) is 2.75. The summed E-state index contributed by atoms with van der Waals surface area (Å²) in [6.45, 7) is 8.29. The van der Waals surface area contributed by atoms with Crippen LogP contribution in [0.15, 0.2) is 12.1 Å². The van der Waals surface area contributed by atoms with E-state index in [-0.39, 0.29) is 5.91 Å². The van der Waals surface area contributed by atoms with Gasteiger partial charge in [0.05, 0.1) is 6.54 Å². The summed E-state index contributed by atoms with van der Waals surface area (Å²) in [5, 5.41) is 13.0. The van der Waals surface area contributed by atoms with Gasteiger partial charge < -0.3 is 15.3 Å². The van der Waals surface area contributed by atoms with Crippen molar-refractivity contribution in [3.63, 3.8) is 0 Å². The molecule has 2 rings (SSSR count). The topological polar surface area (TPSA) is 55.8 Å². The van der Waals surface area contributed by atoms with Gasteiger partial charge in [-0.05, 0) is 37.6 Å². The van der Waals surface area contributed by atoms with Crippen LogP contribution < -0.4 is 5.32 Å². The lowest BCUT2D eigenvalue weighted by atomic mass is 10.1. The van der Waals surface area contributed by atoms with E-state index in [0.717, 1.165) is 42.9 Å². The van der Waals surface area contributed by atoms with Crippen molar-refractivity contribution in [2.45, 2.75) is 20.4 Å². The number of aromatic hydroxyl groups is 1. The van der Waals surface area contributed by atoms with Crippen molar-refractivity contribution in [1.82, 2.24) is 15.1 Å². The molecule has 1 aliphatic rings. The van der Waals surface area contributed by atoms with E-state index in [1.807, 2.05) is 42.8 Å². The van der Waals surface area contributed by atoms with Crippen LogP contribution >= 0.6 is 0 Å². The first-order valence-electron chi connectivity index (χ1n) is 7.43. The van der Waals surface area contributed by atoms with Gasteiger partial charge in [-0.15, -0.1) is 0 Å². The van der Waals surface area contributed by atoms with Crippen molar-refractivity contribution < 1.29 is 9.90 Å². The Morgan fingerprint density at radius 3 is 2.43 bits per heavy atom. The molecule has 1 saturated heterocycles. The summed E-state index contributed by atoms with van der Waals surface area (Å²) < 4.78 is 0. The summed E-state index contributed by atoms with van der Waals surface area (Å²) in [7, 11) is 1.96. The second kappa shape index (κ2) is 6.91. The minimum Gasteiger partial charge on any atom is -0.507 e. The highest BCUT2D eigenvalue weighted by Gasteiger charge is 2.17. The zero-order valence-electron chi connectivity index (χ0n) is 13.1. The minimum atomic E-state index is 0.186. The molecule has 1 aromatic carbocycles. The summed E-state index contributed by atoms with van der Waals surface area (Å²) in [4.78, 5) is 16.1. The third-order valence-corrected chi connectivity index (χ3v) is 3.88. The van der Waals surface area contributed by atoms with E-state index in [1.165, 1.54) is 0 Å². The zero-order valence-corrected chi connectivity index (χ0v) is 13.1. The van der Waals surface area contributed by atoms with Crippen molar-refractivity contribution in [2.24, 2.45) is 0 Å². The van der Waals surface area contributed by atoms with Crippen molar-refractivity contribution in [3.05, 3.63) is 28.8 Å². The molecule has 116 valence electrons. The number of nitrogens with one attached hydrogen (secondary N) is 1. The fourth-order valence-electron chi connectivity index (χ4n) is 2.75. The summed E-state index contributed by atoms with van der Waals surface area (Å²) in [5.74, 6) is 0.546. The van der Waals surface area contributed by atoms with Gasteiger partial charge in [-0.25, -0.2) is 0 Å². The average molecular weight is 291 g/mol. The lowest BCUT2D eigenvalue weighted by Crippen LogP contribution is -2.49. The highest BCUT2D eigenvalue weighted by molar-refractivity contribution is 5.78. The number of phenolic OH excluding ortho intramolecular Hbond substituents is 1. The van der Waals surface area contributed by atoms with Crippen LogP contribution in [0, 0.1) is 13.8 Å². The Hall–Kier alpha value is -1.59. The molecule has 0 unspecified atom stereocenters. The average Bonchev–Trinajstić information content (AvgIpc) is 2.45. The molecule has 0 saturated carbocycles. The van der Waals surface area contributed by atoms with Gasteiger partial charge in [0, 0.05) is 32.7 Å². The summed E-state index contributed by atoms with van der Waals surface area (Å²) >= 11 is 0. The lowest BCUT2D eigenvalue weighted by Gasteiger charge is -2.29. The summed E-state index contributed by atoms with van der Waals surface area (Å²) in [6.07, 6.45) is 0. The molecule has 1 amide bonds. The van der Waals surface area contributed by atoms with Gasteiger partial charge in [-0.2, -0.15) is 0 Å². The SMILES string of the molecule is Cc1cc(CN(C)CC(=O)N2CCNCC2)cc(C)c1O. The van der Waals surface area contributed by atoms with Gasteiger partial charge >= 0.3 is 0 Å². The summed E-state index contributed by atoms with van der Waals surface area (Å²) in [5.41, 5.74) is 2.89. The van der Waals surface area contributed by atoms with Crippen LogP contribution in [0.1, 0.15) is 16.7 Å². The molecule has 1 aromatic rings. The van der Waals surface area contributed by atoms with E-state index in [1.54, 1.807) is 0 Å². The minimum absolute atomic E-state index is 0.186. The maximum atomic E-state index is 12.2. The molecule has 1 fully saturated rings. The van der Waals surface area contributed by atoms with Gasteiger partial charge in [0.15, 0.2) is 0 Å². The molecule has 0 atom stereocenters. The molecule has 1 aliphatic heterocycles. The number of piperazine rings is 1. The Kier molecular flexibility index (Phi) is 5.20. The highest BCUT2D eigenvalue weighted by Crippen LogP contribution is 2.23. The fraction of sp³-hybridized carbons (Fsp3) is 0.562. The Balaban J connectivity index is 1.92. The van der Waals surface area contributed by atoms with Crippen LogP contribution in [0.25, 0.3) is 0 Å². The Labute approximate surface area is 126 Å². The van der Waals surface area contributed by atoms with Gasteiger partial charge in [-0.1, -0.05) is 12.1 Å². The molecule has 0 aromatic heterocycles. The number of likely N-dealkylation sites (N-methyl/N-ethyl adjacent to an activating group) is 1. The molecule has 0 radical (unpaired) electrons. The van der Waals surface area contributed by atoms with Crippen molar-refractivity contribution in [3.8, 4) is 5.75 Å². The standard InChI is InChI=1S/C16H25N3O2/c1-12-8-14(9-13(2)16(12)21)10-18(3)11-15(20)19-6-4-17-5-7-19/h8-9,17,21H,4-7,10-11H2,1-3H3. The maximum Gasteiger partial charge on any atom is 0.236 e. The number of benzene rings is 1. The monoisotopic (exact) mass is 291 g/mol. The Bertz CT molecular complexity index is 487. The number of carbonyl (C=O) groups excluding carboxylic acids is 1. The quantitative estimate of drug-likeness (QED) is 0.864. The van der Waals surface area contributed by atoms with E-state index >= 15 is 0 Å². The third kappa shape index (κ3) is 4.19. The largest absolute Gasteiger partial charge is 0.507 e. The van der Waals surface area contributed by atoms with Crippen molar-refractivity contribution in [1.29, 1.82) is 0 Å². The molecule has 1 heterocycles. The number of phenols is 1. The molecule has 5 nitrogen and oxygen atoms in total. The first kappa shape index (κ1) is 15.8. The molecule has 2 N–H and O–H groups in total. The molecule has 0 spiro atoms. The second-order valence-corrected chi connectivity index (χ2v) is 5.88. The number of carbonyl (C=O) groups is 1. The molecule has 5 heteroatoms. The number of hydrogen-bond acceptors (Lipinski definition) is 4. The van der Waals surface area contributed by atoms with Crippen LogP contribution in [0.3, 0.4) is 0 Å². The van der Waals surface area contributed by atoms with Crippen LogP contribution in [0.5, 0.6) is 5.75 Å². The van der Waals surface area contributed by atoms with Gasteiger partial charge in [0.1, 0.15) is 5.75 Å². The Morgan fingerprint density at radius 2 is 1.86 bits per heavy atom. The number of rotatable bonds is 4. The normalized spacial score (nSPS) is 15.5. The predicted molar refractivity (Wildman–Crippen MR) is 83.4 cm³/mol. The van der Waals surface area contributed by atoms with Crippen molar-refractivity contribution >= 4 is 5.91 Å². The number of nitrogens with zero attached hydrogens (tertiary/aromatic N) is 2.